The molecule has 0 amide bonds. The highest BCUT2D eigenvalue weighted by Crippen LogP contribution is 2.24. The second kappa shape index (κ2) is 4.63. The fourth-order valence-electron chi connectivity index (χ4n) is 2.12. The molecule has 90 valence electrons. The summed E-state index contributed by atoms with van der Waals surface area (Å²) >= 11 is 0. The normalized spacial score (nSPS) is 12.7. The van der Waals surface area contributed by atoms with E-state index in [0.717, 1.165) is 16.5 Å². The minimum Gasteiger partial charge on any atom is -0.469 e. The zero-order chi connectivity index (χ0) is 12.4. The number of hydrogen-bond donors (Lipinski definition) is 1. The van der Waals surface area contributed by atoms with Crippen LogP contribution in [0.5, 0.6) is 0 Å². The average Bonchev–Trinajstić information content (AvgIpc) is 2.91. The minimum absolute atomic E-state index is 0.438. The fraction of sp³-hybridized carbons (Fsp3) is 0.133. The summed E-state index contributed by atoms with van der Waals surface area (Å²) < 4.78 is 5.25. The maximum Gasteiger partial charge on any atom is 0.106 e. The molecule has 0 radical (unpaired) electrons. The molecule has 1 N–H and O–H groups in total. The Morgan fingerprint density at radius 1 is 1.11 bits per heavy atom. The zero-order valence-electron chi connectivity index (χ0n) is 9.78. The van der Waals surface area contributed by atoms with Crippen molar-refractivity contribution >= 4 is 10.8 Å². The first-order valence-corrected chi connectivity index (χ1v) is 5.89. The molecule has 3 nitrogen and oxygen atoms in total. The van der Waals surface area contributed by atoms with Crippen LogP contribution in [0.1, 0.15) is 17.6 Å². The summed E-state index contributed by atoms with van der Waals surface area (Å²) in [6.07, 6.45) is 3.12. The summed E-state index contributed by atoms with van der Waals surface area (Å²) in [5.74, 6) is 0.761. The molecule has 0 saturated carbocycles. The molecule has 2 aromatic heterocycles. The van der Waals surface area contributed by atoms with Gasteiger partial charge in [0.1, 0.15) is 11.9 Å². The second-order valence-corrected chi connectivity index (χ2v) is 4.22. The number of aromatic nitrogens is 1. The topological polar surface area (TPSA) is 46.3 Å². The van der Waals surface area contributed by atoms with E-state index in [1.54, 1.807) is 12.5 Å². The van der Waals surface area contributed by atoms with Gasteiger partial charge < -0.3 is 9.52 Å². The van der Waals surface area contributed by atoms with Gasteiger partial charge in [-0.15, -0.1) is 0 Å². The van der Waals surface area contributed by atoms with E-state index >= 15 is 0 Å². The summed E-state index contributed by atoms with van der Waals surface area (Å²) in [4.78, 5) is 4.30. The van der Waals surface area contributed by atoms with Crippen LogP contribution in [0.3, 0.4) is 0 Å². The van der Waals surface area contributed by atoms with Crippen molar-refractivity contribution in [3.8, 4) is 0 Å². The molecule has 18 heavy (non-hydrogen) atoms. The fourth-order valence-corrected chi connectivity index (χ4v) is 2.12. The number of aliphatic hydroxyl groups excluding tert-OH is 1. The van der Waals surface area contributed by atoms with Crippen molar-refractivity contribution in [1.82, 2.24) is 4.98 Å². The van der Waals surface area contributed by atoms with E-state index in [1.807, 2.05) is 42.5 Å². The molecule has 1 atom stereocenters. The van der Waals surface area contributed by atoms with E-state index in [2.05, 4.69) is 4.98 Å². The van der Waals surface area contributed by atoms with Crippen LogP contribution in [0, 0.1) is 0 Å². The average molecular weight is 239 g/mol. The molecule has 0 saturated heterocycles. The summed E-state index contributed by atoms with van der Waals surface area (Å²) in [7, 11) is 0. The van der Waals surface area contributed by atoms with Crippen molar-refractivity contribution in [2.75, 3.05) is 0 Å². The predicted octanol–water partition coefficient (Wildman–Crippen LogP) is 3.10. The standard InChI is InChI=1S/C15H13NO2/c17-14(10-12-5-3-9-18-12)15-13-6-2-1-4-11(13)7-8-16-15/h1-9,14,17H,10H2. The Hall–Kier alpha value is -2.13. The molecule has 1 aromatic carbocycles. The first-order valence-electron chi connectivity index (χ1n) is 5.89. The molecule has 3 heteroatoms. The summed E-state index contributed by atoms with van der Waals surface area (Å²) in [5.41, 5.74) is 0.699. The molecular formula is C15H13NO2. The number of fused-ring (bicyclic) bond motifs is 1. The lowest BCUT2D eigenvalue weighted by Crippen LogP contribution is -2.04. The lowest BCUT2D eigenvalue weighted by Gasteiger charge is -2.11. The molecule has 0 spiro atoms. The van der Waals surface area contributed by atoms with Gasteiger partial charge in [0, 0.05) is 18.0 Å². The third-order valence-electron chi connectivity index (χ3n) is 2.99. The first kappa shape index (κ1) is 11.0. The van der Waals surface area contributed by atoms with Gasteiger partial charge in [-0.05, 0) is 23.6 Å². The van der Waals surface area contributed by atoms with Gasteiger partial charge in [0.15, 0.2) is 0 Å². The number of aliphatic hydroxyl groups is 1. The van der Waals surface area contributed by atoms with Crippen molar-refractivity contribution in [3.05, 3.63) is 66.4 Å². The molecule has 0 aliphatic heterocycles. The number of nitrogens with zero attached hydrogens (tertiary/aromatic N) is 1. The van der Waals surface area contributed by atoms with Gasteiger partial charge in [0.25, 0.3) is 0 Å². The van der Waals surface area contributed by atoms with E-state index in [-0.39, 0.29) is 0 Å². The minimum atomic E-state index is -0.651. The lowest BCUT2D eigenvalue weighted by molar-refractivity contribution is 0.167. The lowest BCUT2D eigenvalue weighted by atomic mass is 10.0. The van der Waals surface area contributed by atoms with Crippen molar-refractivity contribution in [1.29, 1.82) is 0 Å². The highest BCUT2D eigenvalue weighted by Gasteiger charge is 2.14. The molecule has 3 rings (SSSR count). The molecule has 0 aliphatic rings. The van der Waals surface area contributed by atoms with E-state index in [4.69, 9.17) is 4.42 Å². The van der Waals surface area contributed by atoms with Crippen LogP contribution in [0.2, 0.25) is 0 Å². The quantitative estimate of drug-likeness (QED) is 0.763. The SMILES string of the molecule is OC(Cc1ccco1)c1nccc2ccccc12. The summed E-state index contributed by atoms with van der Waals surface area (Å²) in [5, 5.41) is 12.3. The maximum absolute atomic E-state index is 10.3. The van der Waals surface area contributed by atoms with Crippen LogP contribution in [-0.2, 0) is 6.42 Å². The van der Waals surface area contributed by atoms with Crippen molar-refractivity contribution in [2.24, 2.45) is 0 Å². The van der Waals surface area contributed by atoms with Crippen LogP contribution in [0.4, 0.5) is 0 Å². The highest BCUT2D eigenvalue weighted by atomic mass is 16.3. The summed E-state index contributed by atoms with van der Waals surface area (Å²) in [6.45, 7) is 0. The monoisotopic (exact) mass is 239 g/mol. The number of pyridine rings is 1. The Bertz CT molecular complexity index is 641. The van der Waals surface area contributed by atoms with Gasteiger partial charge in [-0.3, -0.25) is 4.98 Å². The highest BCUT2D eigenvalue weighted by molar-refractivity contribution is 5.84. The van der Waals surface area contributed by atoms with Gasteiger partial charge in [0.05, 0.1) is 12.0 Å². The number of furan rings is 1. The molecule has 1 unspecified atom stereocenters. The van der Waals surface area contributed by atoms with Gasteiger partial charge in [0.2, 0.25) is 0 Å². The Morgan fingerprint density at radius 2 is 2.00 bits per heavy atom. The molecule has 2 heterocycles. The van der Waals surface area contributed by atoms with Crippen molar-refractivity contribution < 1.29 is 9.52 Å². The molecule has 0 bridgehead atoms. The molecular weight excluding hydrogens is 226 g/mol. The van der Waals surface area contributed by atoms with Crippen LogP contribution in [-0.4, -0.2) is 10.1 Å². The Labute approximate surface area is 105 Å². The van der Waals surface area contributed by atoms with Crippen LogP contribution in [0.15, 0.2) is 59.3 Å². The Balaban J connectivity index is 1.98. The van der Waals surface area contributed by atoms with E-state index in [9.17, 15) is 5.11 Å². The van der Waals surface area contributed by atoms with E-state index in [1.165, 1.54) is 0 Å². The molecule has 3 aromatic rings. The Kier molecular flexibility index (Phi) is 2.82. The van der Waals surface area contributed by atoms with Crippen molar-refractivity contribution in [3.63, 3.8) is 0 Å². The van der Waals surface area contributed by atoms with Gasteiger partial charge in [-0.2, -0.15) is 0 Å². The van der Waals surface area contributed by atoms with Crippen molar-refractivity contribution in [2.45, 2.75) is 12.5 Å². The smallest absolute Gasteiger partial charge is 0.106 e. The second-order valence-electron chi connectivity index (χ2n) is 4.22. The third kappa shape index (κ3) is 2.00. The predicted molar refractivity (Wildman–Crippen MR) is 69.1 cm³/mol. The van der Waals surface area contributed by atoms with Crippen LogP contribution >= 0.6 is 0 Å². The Morgan fingerprint density at radius 3 is 2.83 bits per heavy atom. The molecule has 0 fully saturated rings. The number of rotatable bonds is 3. The van der Waals surface area contributed by atoms with E-state index in [0.29, 0.717) is 12.1 Å². The zero-order valence-corrected chi connectivity index (χ0v) is 9.78. The van der Waals surface area contributed by atoms with E-state index < -0.39 is 6.10 Å². The third-order valence-corrected chi connectivity index (χ3v) is 2.99. The van der Waals surface area contributed by atoms with Gasteiger partial charge in [-0.25, -0.2) is 0 Å². The van der Waals surface area contributed by atoms with Crippen LogP contribution < -0.4 is 0 Å². The number of benzene rings is 1. The van der Waals surface area contributed by atoms with Gasteiger partial charge >= 0.3 is 0 Å². The van der Waals surface area contributed by atoms with Gasteiger partial charge in [-0.1, -0.05) is 24.3 Å². The number of hydrogen-bond acceptors (Lipinski definition) is 3. The molecule has 0 aliphatic carbocycles. The largest absolute Gasteiger partial charge is 0.469 e. The maximum atomic E-state index is 10.3. The first-order chi connectivity index (χ1) is 8.84. The summed E-state index contributed by atoms with van der Waals surface area (Å²) in [6, 6.07) is 13.5. The van der Waals surface area contributed by atoms with Crippen LogP contribution in [0.25, 0.3) is 10.8 Å².